The van der Waals surface area contributed by atoms with Crippen molar-refractivity contribution in [1.29, 1.82) is 0 Å². The zero-order valence-electron chi connectivity index (χ0n) is 6.84. The van der Waals surface area contributed by atoms with Gasteiger partial charge in [0.15, 0.2) is 6.29 Å². The number of hydrogen-bond acceptors (Lipinski definition) is 4. The van der Waals surface area contributed by atoms with Crippen LogP contribution in [0.4, 0.5) is 0 Å². The van der Waals surface area contributed by atoms with Crippen molar-refractivity contribution in [3.63, 3.8) is 0 Å². The van der Waals surface area contributed by atoms with E-state index >= 15 is 0 Å². The summed E-state index contributed by atoms with van der Waals surface area (Å²) in [5.41, 5.74) is 0. The molecule has 0 aliphatic carbocycles. The van der Waals surface area contributed by atoms with Crippen molar-refractivity contribution in [2.24, 2.45) is 5.92 Å². The smallest absolute Gasteiger partial charge is 0.159 e. The van der Waals surface area contributed by atoms with Gasteiger partial charge in [-0.15, -0.1) is 0 Å². The first-order valence-electron chi connectivity index (χ1n) is 3.97. The molecule has 0 saturated carbocycles. The predicted molar refractivity (Wildman–Crippen MR) is 42.2 cm³/mol. The molecule has 0 bridgehead atoms. The van der Waals surface area contributed by atoms with Crippen LogP contribution >= 0.6 is 0 Å². The summed E-state index contributed by atoms with van der Waals surface area (Å²) < 4.78 is 4.82. The van der Waals surface area contributed by atoms with E-state index in [1.54, 1.807) is 0 Å². The van der Waals surface area contributed by atoms with Crippen LogP contribution in [0.5, 0.6) is 0 Å². The number of aliphatic hydroxyl groups is 1. The molecule has 4 nitrogen and oxygen atoms in total. The molecule has 1 saturated heterocycles. The molecule has 1 fully saturated rings. The predicted octanol–water partition coefficient (Wildman–Crippen LogP) is -1.24. The maximum Gasteiger partial charge on any atom is 0.159 e. The Balaban J connectivity index is 2.30. The van der Waals surface area contributed by atoms with E-state index in [0.29, 0.717) is 0 Å². The van der Waals surface area contributed by atoms with Crippen molar-refractivity contribution in [2.75, 3.05) is 33.3 Å². The first-order valence-corrected chi connectivity index (χ1v) is 3.97. The Hall–Kier alpha value is -0.160. The zero-order chi connectivity index (χ0) is 8.10. The Kier molecular flexibility index (Phi) is 3.79. The molecular weight excluding hydrogens is 144 g/mol. The van der Waals surface area contributed by atoms with Crippen molar-refractivity contribution in [3.8, 4) is 0 Å². The Morgan fingerprint density at radius 3 is 2.36 bits per heavy atom. The van der Waals surface area contributed by atoms with Crippen molar-refractivity contribution in [2.45, 2.75) is 6.29 Å². The zero-order valence-corrected chi connectivity index (χ0v) is 6.84. The second-order valence-corrected chi connectivity index (χ2v) is 2.79. The minimum absolute atomic E-state index is 0.169. The Morgan fingerprint density at radius 1 is 1.36 bits per heavy atom. The highest BCUT2D eigenvalue weighted by molar-refractivity contribution is 4.71. The summed E-state index contributed by atoms with van der Waals surface area (Å²) in [5.74, 6) is 0.169. The van der Waals surface area contributed by atoms with E-state index in [2.05, 4.69) is 10.6 Å². The van der Waals surface area contributed by atoms with Crippen LogP contribution in [0.1, 0.15) is 0 Å². The van der Waals surface area contributed by atoms with Crippen LogP contribution in [0, 0.1) is 5.92 Å². The number of hydrogen-bond donors (Lipinski definition) is 3. The highest BCUT2D eigenvalue weighted by Crippen LogP contribution is 2.03. The molecule has 0 radical (unpaired) electrons. The first kappa shape index (κ1) is 8.93. The average molecular weight is 160 g/mol. The van der Waals surface area contributed by atoms with Crippen LogP contribution in [-0.2, 0) is 4.74 Å². The van der Waals surface area contributed by atoms with Crippen molar-refractivity contribution < 1.29 is 9.84 Å². The number of aliphatic hydroxyl groups excluding tert-OH is 1. The molecule has 0 aromatic rings. The van der Waals surface area contributed by atoms with Crippen molar-refractivity contribution in [1.82, 2.24) is 10.6 Å². The number of ether oxygens (including phenoxy) is 1. The number of methoxy groups -OCH3 is 1. The van der Waals surface area contributed by atoms with Crippen LogP contribution in [0.3, 0.4) is 0 Å². The highest BCUT2D eigenvalue weighted by Gasteiger charge is 2.19. The summed E-state index contributed by atoms with van der Waals surface area (Å²) in [6.45, 7) is 3.57. The van der Waals surface area contributed by atoms with E-state index in [9.17, 15) is 5.11 Å². The van der Waals surface area contributed by atoms with Crippen molar-refractivity contribution >= 4 is 0 Å². The molecule has 1 aliphatic rings. The van der Waals surface area contributed by atoms with E-state index in [0.717, 1.165) is 26.2 Å². The first-order chi connectivity index (χ1) is 5.34. The number of rotatable bonds is 2. The fraction of sp³-hybridized carbons (Fsp3) is 1.00. The van der Waals surface area contributed by atoms with Crippen LogP contribution in [0.15, 0.2) is 0 Å². The Bertz CT molecular complexity index is 103. The summed E-state index contributed by atoms with van der Waals surface area (Å²) in [6, 6.07) is 0. The van der Waals surface area contributed by atoms with Gasteiger partial charge in [0.05, 0.1) is 0 Å². The van der Waals surface area contributed by atoms with Crippen LogP contribution in [0.2, 0.25) is 0 Å². The van der Waals surface area contributed by atoms with Gasteiger partial charge in [-0.3, -0.25) is 0 Å². The molecule has 1 unspecified atom stereocenters. The molecule has 11 heavy (non-hydrogen) atoms. The molecule has 1 aliphatic heterocycles. The normalized spacial score (nSPS) is 24.5. The van der Waals surface area contributed by atoms with Gasteiger partial charge < -0.3 is 20.5 Å². The largest absolute Gasteiger partial charge is 0.368 e. The van der Waals surface area contributed by atoms with Gasteiger partial charge in [0, 0.05) is 39.2 Å². The third kappa shape index (κ3) is 2.75. The van der Waals surface area contributed by atoms with E-state index in [1.807, 2.05) is 0 Å². The van der Waals surface area contributed by atoms with Gasteiger partial charge in [-0.2, -0.15) is 0 Å². The summed E-state index contributed by atoms with van der Waals surface area (Å²) in [6.07, 6.45) is -0.645. The maximum absolute atomic E-state index is 9.31. The molecule has 1 atom stereocenters. The summed E-state index contributed by atoms with van der Waals surface area (Å²) >= 11 is 0. The molecule has 1 heterocycles. The minimum Gasteiger partial charge on any atom is -0.368 e. The molecule has 0 aromatic carbocycles. The van der Waals surface area contributed by atoms with Gasteiger partial charge in [-0.05, 0) is 0 Å². The molecule has 0 spiro atoms. The third-order valence-electron chi connectivity index (χ3n) is 1.94. The molecule has 1 rings (SSSR count). The fourth-order valence-electron chi connectivity index (χ4n) is 1.22. The second kappa shape index (κ2) is 4.66. The lowest BCUT2D eigenvalue weighted by Gasteiger charge is -2.19. The van der Waals surface area contributed by atoms with Crippen LogP contribution in [0.25, 0.3) is 0 Å². The van der Waals surface area contributed by atoms with E-state index < -0.39 is 6.29 Å². The molecule has 4 heteroatoms. The van der Waals surface area contributed by atoms with Gasteiger partial charge in [-0.25, -0.2) is 0 Å². The van der Waals surface area contributed by atoms with Gasteiger partial charge in [-0.1, -0.05) is 0 Å². The molecule has 3 N–H and O–H groups in total. The summed E-state index contributed by atoms with van der Waals surface area (Å²) in [7, 11) is 1.52. The van der Waals surface area contributed by atoms with E-state index in [4.69, 9.17) is 4.74 Å². The average Bonchev–Trinajstić information content (AvgIpc) is 2.30. The summed E-state index contributed by atoms with van der Waals surface area (Å²) in [5, 5.41) is 15.7. The van der Waals surface area contributed by atoms with Crippen molar-refractivity contribution in [3.05, 3.63) is 0 Å². The highest BCUT2D eigenvalue weighted by atomic mass is 16.6. The standard InChI is InChI=1S/C7H16N2O2/c1-11-7(10)6-4-8-2-3-9-5-6/h6-10H,2-5H2,1H3. The van der Waals surface area contributed by atoms with Gasteiger partial charge in [0.25, 0.3) is 0 Å². The van der Waals surface area contributed by atoms with Gasteiger partial charge in [0.2, 0.25) is 0 Å². The Labute approximate surface area is 66.9 Å². The lowest BCUT2D eigenvalue weighted by atomic mass is 10.1. The lowest BCUT2D eigenvalue weighted by molar-refractivity contribution is -0.109. The third-order valence-corrected chi connectivity index (χ3v) is 1.94. The second-order valence-electron chi connectivity index (χ2n) is 2.79. The maximum atomic E-state index is 9.31. The van der Waals surface area contributed by atoms with E-state index in [1.165, 1.54) is 7.11 Å². The monoisotopic (exact) mass is 160 g/mol. The summed E-state index contributed by atoms with van der Waals surface area (Å²) in [4.78, 5) is 0. The molecule has 66 valence electrons. The van der Waals surface area contributed by atoms with Gasteiger partial charge >= 0.3 is 0 Å². The van der Waals surface area contributed by atoms with Crippen LogP contribution < -0.4 is 10.6 Å². The van der Waals surface area contributed by atoms with E-state index in [-0.39, 0.29) is 5.92 Å². The molecule has 0 aromatic heterocycles. The van der Waals surface area contributed by atoms with Gasteiger partial charge in [0.1, 0.15) is 0 Å². The quantitative estimate of drug-likeness (QED) is 0.442. The molecule has 0 amide bonds. The Morgan fingerprint density at radius 2 is 1.91 bits per heavy atom. The minimum atomic E-state index is -0.645. The fourth-order valence-corrected chi connectivity index (χ4v) is 1.22. The molecular formula is C7H16N2O2. The topological polar surface area (TPSA) is 53.5 Å². The SMILES string of the molecule is COC(O)C1CNCCNC1. The van der Waals surface area contributed by atoms with Crippen LogP contribution in [-0.4, -0.2) is 44.7 Å². The lowest BCUT2D eigenvalue weighted by Crippen LogP contribution is -2.35. The number of nitrogens with one attached hydrogen (secondary N) is 2.